The molecule has 0 unspecified atom stereocenters. The Bertz CT molecular complexity index is 2050. The minimum atomic E-state index is -3.91. The number of allylic oxidation sites excluding steroid dienone is 1. The highest BCUT2D eigenvalue weighted by Crippen LogP contribution is 2.46. The van der Waals surface area contributed by atoms with Gasteiger partial charge in [-0.3, -0.25) is 23.9 Å². The first kappa shape index (κ1) is 35.3. The molecular weight excluding hydrogens is 695 g/mol. The summed E-state index contributed by atoms with van der Waals surface area (Å²) in [4.78, 5) is 73.5. The summed E-state index contributed by atoms with van der Waals surface area (Å²) in [5.74, 6) is -3.67. The summed E-state index contributed by atoms with van der Waals surface area (Å²) in [6, 6.07) is 3.60. The topological polar surface area (TPSA) is 203 Å². The number of rotatable bonds is 7. The third-order valence-electron chi connectivity index (χ3n) is 10.0. The molecule has 2 aromatic heterocycles. The molecule has 3 aromatic rings. The zero-order valence-corrected chi connectivity index (χ0v) is 29.3. The van der Waals surface area contributed by atoms with Gasteiger partial charge in [-0.1, -0.05) is 31.1 Å². The Balaban J connectivity index is 1.20. The zero-order chi connectivity index (χ0) is 36.6. The third kappa shape index (κ3) is 7.31. The molecule has 2 aliphatic carbocycles. The quantitative estimate of drug-likeness (QED) is 0.300. The number of sulfonamides is 1. The van der Waals surface area contributed by atoms with Crippen molar-refractivity contribution in [1.29, 1.82) is 0 Å². The van der Waals surface area contributed by atoms with E-state index < -0.39 is 74.4 Å². The number of nitrogens with one attached hydrogen (secondary N) is 3. The van der Waals surface area contributed by atoms with E-state index in [1.165, 1.54) is 35.6 Å². The molecule has 4 heterocycles. The van der Waals surface area contributed by atoms with Crippen LogP contribution in [0.3, 0.4) is 0 Å². The van der Waals surface area contributed by atoms with Gasteiger partial charge in [0.25, 0.3) is 11.8 Å². The number of hydrogen-bond acceptors (Lipinski definition) is 11. The molecule has 7 rings (SSSR count). The largest absolute Gasteiger partial charge is 0.471 e. The van der Waals surface area contributed by atoms with Crippen molar-refractivity contribution in [2.75, 3.05) is 6.54 Å². The van der Waals surface area contributed by atoms with Gasteiger partial charge in [-0.25, -0.2) is 32.7 Å². The minimum Gasteiger partial charge on any atom is -0.471 e. The van der Waals surface area contributed by atoms with Crippen molar-refractivity contribution < 1.29 is 36.7 Å². The average Bonchev–Trinajstić information content (AvgIpc) is 4.05. The Hall–Kier alpha value is -5.06. The average molecular weight is 735 g/mol. The molecule has 3 fully saturated rings. The van der Waals surface area contributed by atoms with Crippen LogP contribution in [0.1, 0.15) is 74.0 Å². The molecule has 0 radical (unpaired) electrons. The van der Waals surface area contributed by atoms with Crippen molar-refractivity contribution in [3.05, 3.63) is 66.1 Å². The van der Waals surface area contributed by atoms with Gasteiger partial charge in [0.05, 0.1) is 17.3 Å². The first-order valence-corrected chi connectivity index (χ1v) is 19.0. The number of para-hydroxylation sites is 1. The fourth-order valence-electron chi connectivity index (χ4n) is 6.89. The van der Waals surface area contributed by atoms with E-state index in [9.17, 15) is 32.0 Å². The van der Waals surface area contributed by atoms with Crippen molar-refractivity contribution in [1.82, 2.24) is 40.2 Å². The maximum atomic E-state index is 14.7. The highest BCUT2D eigenvalue weighted by atomic mass is 32.2. The Morgan fingerprint density at radius 2 is 1.92 bits per heavy atom. The van der Waals surface area contributed by atoms with Crippen LogP contribution < -0.4 is 20.1 Å². The van der Waals surface area contributed by atoms with Crippen LogP contribution in [0.25, 0.3) is 11.0 Å². The molecule has 0 bridgehead atoms. The van der Waals surface area contributed by atoms with E-state index in [0.29, 0.717) is 36.9 Å². The van der Waals surface area contributed by atoms with Crippen molar-refractivity contribution in [2.45, 2.75) is 93.7 Å². The van der Waals surface area contributed by atoms with Crippen LogP contribution in [-0.2, 0) is 24.4 Å². The number of aromatic nitrogens is 4. The summed E-state index contributed by atoms with van der Waals surface area (Å²) in [5, 5.41) is 4.96. The maximum absolute atomic E-state index is 14.7. The second-order valence-electron chi connectivity index (χ2n) is 13.8. The number of fused-ring (bicyclic) bond motifs is 3. The van der Waals surface area contributed by atoms with E-state index in [4.69, 9.17) is 4.74 Å². The fraction of sp³-hybridized carbons (Fsp3) is 0.486. The number of carbonyl (C=O) groups excluding carboxylic acids is 4. The number of nitrogens with zero attached hydrogens (tertiary/aromatic N) is 5. The molecule has 3 N–H and O–H groups in total. The van der Waals surface area contributed by atoms with Crippen LogP contribution in [0.2, 0.25) is 0 Å². The van der Waals surface area contributed by atoms with Gasteiger partial charge in [0.1, 0.15) is 47.0 Å². The number of carbonyl (C=O) groups is 4. The molecule has 5 atom stereocenters. The summed E-state index contributed by atoms with van der Waals surface area (Å²) in [7, 11) is -3.91. The molecule has 15 nitrogen and oxygen atoms in total. The summed E-state index contributed by atoms with van der Waals surface area (Å²) < 4.78 is 48.6. The lowest BCUT2D eigenvalue weighted by molar-refractivity contribution is -0.141. The SMILES string of the molecule is Cc1nc2cccc(F)c2nc1O[C@@H]1C[C@H]2C(=O)N[C@]3(C(=O)NS(=O)(=O)C4CC4)C[C@H]3/C=C\CCCCC[C@H](NC(=O)c3ccncn3)C(=O)N2C1. The van der Waals surface area contributed by atoms with Gasteiger partial charge in [-0.2, -0.15) is 0 Å². The van der Waals surface area contributed by atoms with E-state index in [0.717, 1.165) is 12.8 Å². The number of hydrogen-bond donors (Lipinski definition) is 3. The number of benzene rings is 1. The highest BCUT2D eigenvalue weighted by molar-refractivity contribution is 7.91. The first-order chi connectivity index (χ1) is 24.9. The molecule has 0 spiro atoms. The van der Waals surface area contributed by atoms with E-state index in [1.807, 2.05) is 12.2 Å². The first-order valence-electron chi connectivity index (χ1n) is 17.5. The van der Waals surface area contributed by atoms with Gasteiger partial charge in [-0.05, 0) is 63.6 Å². The van der Waals surface area contributed by atoms with E-state index in [-0.39, 0.29) is 42.9 Å². The zero-order valence-electron chi connectivity index (χ0n) is 28.5. The molecule has 4 aliphatic rings. The molecule has 2 saturated carbocycles. The lowest BCUT2D eigenvalue weighted by Crippen LogP contribution is -2.58. The van der Waals surface area contributed by atoms with Gasteiger partial charge in [0.15, 0.2) is 5.82 Å². The number of amides is 4. The number of halogens is 1. The van der Waals surface area contributed by atoms with E-state index in [2.05, 4.69) is 35.3 Å². The van der Waals surface area contributed by atoms with E-state index >= 15 is 0 Å². The van der Waals surface area contributed by atoms with Crippen LogP contribution >= 0.6 is 0 Å². The summed E-state index contributed by atoms with van der Waals surface area (Å²) in [5.41, 5.74) is -0.775. The highest BCUT2D eigenvalue weighted by Gasteiger charge is 2.62. The normalized spacial score (nSPS) is 27.3. The molecule has 1 aromatic carbocycles. The van der Waals surface area contributed by atoms with Crippen LogP contribution in [-0.4, -0.2) is 92.4 Å². The molecule has 17 heteroatoms. The molecular formula is C35H39FN8O7S. The minimum absolute atomic E-state index is 0.000746. The number of ether oxygens (including phenoxy) is 1. The smallest absolute Gasteiger partial charge is 0.270 e. The predicted molar refractivity (Wildman–Crippen MR) is 183 cm³/mol. The molecule has 52 heavy (non-hydrogen) atoms. The van der Waals surface area contributed by atoms with Crippen LogP contribution in [0, 0.1) is 18.7 Å². The maximum Gasteiger partial charge on any atom is 0.270 e. The van der Waals surface area contributed by atoms with Crippen molar-refractivity contribution in [3.63, 3.8) is 0 Å². The second-order valence-corrected chi connectivity index (χ2v) is 15.8. The Kier molecular flexibility index (Phi) is 9.63. The molecule has 1 saturated heterocycles. The second kappa shape index (κ2) is 14.2. The summed E-state index contributed by atoms with van der Waals surface area (Å²) in [6.45, 7) is 1.54. The van der Waals surface area contributed by atoms with Gasteiger partial charge in [0, 0.05) is 18.5 Å². The Labute approximate surface area is 299 Å². The van der Waals surface area contributed by atoms with Gasteiger partial charge in [-0.15, -0.1) is 0 Å². The van der Waals surface area contributed by atoms with Crippen LogP contribution in [0.15, 0.2) is 48.9 Å². The lowest BCUT2D eigenvalue weighted by atomic mass is 10.0. The molecule has 2 aliphatic heterocycles. The van der Waals surface area contributed by atoms with Crippen LogP contribution in [0.5, 0.6) is 5.88 Å². The third-order valence-corrected chi connectivity index (χ3v) is 11.8. The number of aryl methyl sites for hydroxylation is 1. The van der Waals surface area contributed by atoms with Crippen molar-refractivity contribution in [2.24, 2.45) is 5.92 Å². The van der Waals surface area contributed by atoms with Crippen molar-refractivity contribution >= 4 is 44.7 Å². The van der Waals surface area contributed by atoms with Crippen molar-refractivity contribution in [3.8, 4) is 5.88 Å². The standard InChI is InChI=1S/C35H39FN8O7S/c1-20-32(41-29-24(36)9-7-11-25(29)39-20)51-22-16-28-31(46)42-35(34(48)43-52(49,50)23-12-13-23)17-21(35)8-5-3-2-4-6-10-27(33(47)44(28)18-22)40-30(45)26-14-15-37-19-38-26/h5,7-9,11,14-15,19,21-23,27-28H,2-4,6,10,12-13,16-18H2,1H3,(H,40,45)(H,42,46)(H,43,48)/b8-5-/t21-,22-,27+,28+,35-/m1/s1. The monoisotopic (exact) mass is 734 g/mol. The van der Waals surface area contributed by atoms with Crippen LogP contribution in [0.4, 0.5) is 4.39 Å². The summed E-state index contributed by atoms with van der Waals surface area (Å²) in [6.07, 6.45) is 9.64. The Morgan fingerprint density at radius 3 is 2.69 bits per heavy atom. The van der Waals surface area contributed by atoms with Gasteiger partial charge in [0.2, 0.25) is 27.7 Å². The predicted octanol–water partition coefficient (Wildman–Crippen LogP) is 2.02. The van der Waals surface area contributed by atoms with Gasteiger partial charge >= 0.3 is 0 Å². The van der Waals surface area contributed by atoms with E-state index in [1.54, 1.807) is 13.0 Å². The molecule has 4 amide bonds. The lowest BCUT2D eigenvalue weighted by Gasteiger charge is -2.29. The Morgan fingerprint density at radius 1 is 1.10 bits per heavy atom. The molecule has 274 valence electrons. The van der Waals surface area contributed by atoms with Gasteiger partial charge < -0.3 is 20.3 Å². The summed E-state index contributed by atoms with van der Waals surface area (Å²) >= 11 is 0. The fourth-order valence-corrected chi connectivity index (χ4v) is 8.25.